The number of carbonyl (C=O) groups is 1. The zero-order valence-corrected chi connectivity index (χ0v) is 16.7. The summed E-state index contributed by atoms with van der Waals surface area (Å²) in [6, 6.07) is 3.57. The van der Waals surface area contributed by atoms with E-state index in [2.05, 4.69) is 22.9 Å². The molecule has 0 radical (unpaired) electrons. The second kappa shape index (κ2) is 6.42. The Morgan fingerprint density at radius 2 is 2.00 bits per heavy atom. The third-order valence-electron chi connectivity index (χ3n) is 4.93. The minimum atomic E-state index is -3.57. The summed E-state index contributed by atoms with van der Waals surface area (Å²) in [7, 11) is -3.57. The zero-order chi connectivity index (χ0) is 17.6. The van der Waals surface area contributed by atoms with Crippen molar-refractivity contribution in [3.8, 4) is 0 Å². The predicted octanol–water partition coefficient (Wildman–Crippen LogP) is 3.17. The summed E-state index contributed by atoms with van der Waals surface area (Å²) < 4.78 is 28.4. The fourth-order valence-electron chi connectivity index (χ4n) is 3.80. The molecule has 0 N–H and O–H groups in total. The fraction of sp³-hybridized carbons (Fsp3) is 0.588. The van der Waals surface area contributed by atoms with Crippen LogP contribution in [0.1, 0.15) is 39.2 Å². The third kappa shape index (κ3) is 3.02. The summed E-state index contributed by atoms with van der Waals surface area (Å²) in [5.41, 5.74) is 1.73. The van der Waals surface area contributed by atoms with Gasteiger partial charge in [-0.3, -0.25) is 4.79 Å². The Bertz CT molecular complexity index is 778. The second-order valence-corrected chi connectivity index (χ2v) is 9.72. The molecule has 7 heteroatoms. The number of hydrogen-bond acceptors (Lipinski definition) is 3. The van der Waals surface area contributed by atoms with Gasteiger partial charge in [0.05, 0.1) is 4.90 Å². The van der Waals surface area contributed by atoms with Gasteiger partial charge in [0.25, 0.3) is 0 Å². The number of piperidine rings is 1. The highest BCUT2D eigenvalue weighted by molar-refractivity contribution is 9.10. The van der Waals surface area contributed by atoms with Gasteiger partial charge >= 0.3 is 0 Å². The molecule has 1 fully saturated rings. The summed E-state index contributed by atoms with van der Waals surface area (Å²) in [5.74, 6) is 0.314. The highest BCUT2D eigenvalue weighted by Crippen LogP contribution is 2.39. The first-order valence-corrected chi connectivity index (χ1v) is 10.6. The van der Waals surface area contributed by atoms with E-state index in [-0.39, 0.29) is 16.8 Å². The minimum absolute atomic E-state index is 0.0531. The van der Waals surface area contributed by atoms with Crippen molar-refractivity contribution in [1.29, 1.82) is 0 Å². The molecule has 2 aliphatic heterocycles. The summed E-state index contributed by atoms with van der Waals surface area (Å²) in [5, 5.41) is 0. The van der Waals surface area contributed by atoms with E-state index in [1.165, 1.54) is 6.92 Å². The molecule has 1 amide bonds. The van der Waals surface area contributed by atoms with E-state index in [0.29, 0.717) is 23.5 Å². The maximum atomic E-state index is 13.1. The zero-order valence-electron chi connectivity index (χ0n) is 14.3. The maximum absolute atomic E-state index is 13.1. The smallest absolute Gasteiger partial charge is 0.244 e. The van der Waals surface area contributed by atoms with Crippen LogP contribution in [0.2, 0.25) is 0 Å². The van der Waals surface area contributed by atoms with Crippen LogP contribution in [0, 0.1) is 5.92 Å². The first kappa shape index (κ1) is 17.9. The molecule has 0 aromatic heterocycles. The van der Waals surface area contributed by atoms with Crippen molar-refractivity contribution in [2.75, 3.05) is 18.0 Å². The Hall–Kier alpha value is -0.920. The fourth-order valence-corrected chi connectivity index (χ4v) is 6.47. The number of fused-ring (bicyclic) bond motifs is 1. The number of amides is 1. The lowest BCUT2D eigenvalue weighted by Crippen LogP contribution is -2.39. The second-order valence-electron chi connectivity index (χ2n) is 6.96. The molecule has 1 aromatic carbocycles. The van der Waals surface area contributed by atoms with Gasteiger partial charge in [-0.15, -0.1) is 0 Å². The van der Waals surface area contributed by atoms with Crippen LogP contribution < -0.4 is 4.90 Å². The van der Waals surface area contributed by atoms with Crippen molar-refractivity contribution >= 4 is 37.5 Å². The van der Waals surface area contributed by atoms with Crippen molar-refractivity contribution in [3.63, 3.8) is 0 Å². The topological polar surface area (TPSA) is 57.7 Å². The number of rotatable bonds is 2. The van der Waals surface area contributed by atoms with Crippen LogP contribution in [-0.4, -0.2) is 37.8 Å². The predicted molar refractivity (Wildman–Crippen MR) is 97.6 cm³/mol. The highest BCUT2D eigenvalue weighted by Gasteiger charge is 2.35. The lowest BCUT2D eigenvalue weighted by Gasteiger charge is -2.30. The number of benzene rings is 1. The molecule has 0 saturated carbocycles. The van der Waals surface area contributed by atoms with E-state index in [0.717, 1.165) is 30.5 Å². The van der Waals surface area contributed by atoms with Gasteiger partial charge in [0.15, 0.2) is 0 Å². The van der Waals surface area contributed by atoms with Gasteiger partial charge in [-0.2, -0.15) is 4.31 Å². The van der Waals surface area contributed by atoms with E-state index in [1.807, 2.05) is 13.0 Å². The molecule has 2 heterocycles. The number of nitrogens with zero attached hydrogens (tertiary/aromatic N) is 2. The molecular weight excluding hydrogens is 392 g/mol. The van der Waals surface area contributed by atoms with Crippen LogP contribution in [0.5, 0.6) is 0 Å². The molecule has 132 valence electrons. The molecule has 0 spiro atoms. The molecule has 2 aliphatic rings. The van der Waals surface area contributed by atoms with Gasteiger partial charge in [-0.05, 0) is 65.7 Å². The third-order valence-corrected chi connectivity index (χ3v) is 7.75. The molecule has 2 unspecified atom stereocenters. The van der Waals surface area contributed by atoms with Crippen molar-refractivity contribution in [3.05, 3.63) is 22.2 Å². The summed E-state index contributed by atoms with van der Waals surface area (Å²) in [4.78, 5) is 13.9. The lowest BCUT2D eigenvalue weighted by atomic mass is 10.0. The number of carbonyl (C=O) groups excluding carboxylic acids is 1. The van der Waals surface area contributed by atoms with Crippen LogP contribution in [-0.2, 0) is 21.2 Å². The Balaban J connectivity index is 2.05. The first-order valence-electron chi connectivity index (χ1n) is 8.34. The van der Waals surface area contributed by atoms with Crippen LogP contribution >= 0.6 is 15.9 Å². The standard InChI is InChI=1S/C17H23BrN2O3S/c1-11-5-4-6-19(10-11)24(22,23)17-9-16-14(8-15(17)18)7-12(2)20(16)13(3)21/h8-9,11-12H,4-7,10H2,1-3H3. The average molecular weight is 415 g/mol. The number of halogens is 1. The van der Waals surface area contributed by atoms with Crippen molar-refractivity contribution < 1.29 is 13.2 Å². The molecule has 0 aliphatic carbocycles. The van der Waals surface area contributed by atoms with Gasteiger partial charge < -0.3 is 4.90 Å². The average Bonchev–Trinajstić information content (AvgIpc) is 2.81. The summed E-state index contributed by atoms with van der Waals surface area (Å²) in [6.07, 6.45) is 2.70. The van der Waals surface area contributed by atoms with Crippen LogP contribution in [0.3, 0.4) is 0 Å². The molecular formula is C17H23BrN2O3S. The largest absolute Gasteiger partial charge is 0.309 e. The van der Waals surface area contributed by atoms with E-state index in [9.17, 15) is 13.2 Å². The number of hydrogen-bond donors (Lipinski definition) is 0. The van der Waals surface area contributed by atoms with Crippen molar-refractivity contribution in [2.24, 2.45) is 5.92 Å². The van der Waals surface area contributed by atoms with Crippen molar-refractivity contribution in [2.45, 2.75) is 51.0 Å². The normalized spacial score (nSPS) is 24.9. The molecule has 5 nitrogen and oxygen atoms in total. The van der Waals surface area contributed by atoms with Gasteiger partial charge in [-0.1, -0.05) is 6.92 Å². The molecule has 3 rings (SSSR count). The molecule has 24 heavy (non-hydrogen) atoms. The van der Waals surface area contributed by atoms with E-state index in [1.54, 1.807) is 15.3 Å². The number of sulfonamides is 1. The summed E-state index contributed by atoms with van der Waals surface area (Å²) in [6.45, 7) is 6.70. The maximum Gasteiger partial charge on any atom is 0.244 e. The quantitative estimate of drug-likeness (QED) is 0.746. The Labute approximate surface area is 152 Å². The van der Waals surface area contributed by atoms with Gasteiger partial charge in [0.1, 0.15) is 0 Å². The summed E-state index contributed by atoms with van der Waals surface area (Å²) >= 11 is 3.44. The highest BCUT2D eigenvalue weighted by atomic mass is 79.9. The Morgan fingerprint density at radius 3 is 2.62 bits per heavy atom. The van der Waals surface area contributed by atoms with Gasteiger partial charge in [0.2, 0.25) is 15.9 Å². The molecule has 0 bridgehead atoms. The first-order chi connectivity index (χ1) is 11.2. The van der Waals surface area contributed by atoms with Crippen LogP contribution in [0.15, 0.2) is 21.5 Å². The Morgan fingerprint density at radius 1 is 1.29 bits per heavy atom. The van der Waals surface area contributed by atoms with E-state index in [4.69, 9.17) is 0 Å². The van der Waals surface area contributed by atoms with Crippen molar-refractivity contribution in [1.82, 2.24) is 4.31 Å². The minimum Gasteiger partial charge on any atom is -0.309 e. The van der Waals surface area contributed by atoms with E-state index >= 15 is 0 Å². The number of anilines is 1. The molecule has 2 atom stereocenters. The SMILES string of the molecule is CC(=O)N1c2cc(S(=O)(=O)N3CCCC(C)C3)c(Br)cc2CC1C. The van der Waals surface area contributed by atoms with Crippen LogP contribution in [0.4, 0.5) is 5.69 Å². The lowest BCUT2D eigenvalue weighted by molar-refractivity contribution is -0.116. The monoisotopic (exact) mass is 414 g/mol. The van der Waals surface area contributed by atoms with Gasteiger partial charge in [-0.25, -0.2) is 8.42 Å². The van der Waals surface area contributed by atoms with Gasteiger partial charge in [0, 0.05) is 36.2 Å². The van der Waals surface area contributed by atoms with E-state index < -0.39 is 10.0 Å². The van der Waals surface area contributed by atoms with Crippen LogP contribution in [0.25, 0.3) is 0 Å². The molecule has 1 aromatic rings. The Kier molecular flexibility index (Phi) is 4.79. The molecule has 1 saturated heterocycles.